The summed E-state index contributed by atoms with van der Waals surface area (Å²) in [5.74, 6) is 1.86. The van der Waals surface area contributed by atoms with Crippen molar-refractivity contribution in [3.8, 4) is 0 Å². The van der Waals surface area contributed by atoms with Crippen LogP contribution in [0.1, 0.15) is 35.4 Å². The van der Waals surface area contributed by atoms with Crippen molar-refractivity contribution in [2.75, 3.05) is 11.5 Å². The Hall–Kier alpha value is -1.41. The van der Waals surface area contributed by atoms with Gasteiger partial charge in [-0.3, -0.25) is 0 Å². The van der Waals surface area contributed by atoms with Crippen molar-refractivity contribution >= 4 is 17.4 Å². The smallest absolute Gasteiger partial charge is 0.0317 e. The lowest BCUT2D eigenvalue weighted by atomic mass is 9.84. The number of anilines is 1. The van der Waals surface area contributed by atoms with Gasteiger partial charge in [0, 0.05) is 16.3 Å². The molecule has 0 aromatic heterocycles. The molecule has 2 heteroatoms. The third-order valence-corrected chi connectivity index (χ3v) is 5.47. The minimum atomic E-state index is 0.696. The summed E-state index contributed by atoms with van der Waals surface area (Å²) in [6.07, 6.45) is 3.89. The van der Waals surface area contributed by atoms with E-state index < -0.39 is 0 Å². The van der Waals surface area contributed by atoms with E-state index in [9.17, 15) is 0 Å². The first kappa shape index (κ1) is 13.6. The summed E-state index contributed by atoms with van der Waals surface area (Å²) >= 11 is 1.97. The molecule has 2 N–H and O–H groups in total. The van der Waals surface area contributed by atoms with E-state index in [2.05, 4.69) is 43.3 Å². The molecule has 1 aliphatic rings. The predicted octanol–water partition coefficient (Wildman–Crippen LogP) is 4.79. The van der Waals surface area contributed by atoms with Gasteiger partial charge in [-0.05, 0) is 67.0 Å². The summed E-state index contributed by atoms with van der Waals surface area (Å²) in [5, 5.41) is 0. The number of aryl methyl sites for hydroxylation is 2. The van der Waals surface area contributed by atoms with Crippen LogP contribution in [0.3, 0.4) is 0 Å². The molecule has 0 bridgehead atoms. The third-order valence-electron chi connectivity index (χ3n) is 4.13. The van der Waals surface area contributed by atoms with Gasteiger partial charge in [-0.1, -0.05) is 24.3 Å². The van der Waals surface area contributed by atoms with Gasteiger partial charge in [0.15, 0.2) is 0 Å². The molecule has 3 rings (SSSR count). The van der Waals surface area contributed by atoms with Crippen molar-refractivity contribution in [3.05, 3.63) is 59.2 Å². The summed E-state index contributed by atoms with van der Waals surface area (Å²) in [6.45, 7) is 2.15. The number of nitrogens with two attached hydrogens (primary N) is 1. The lowest BCUT2D eigenvalue weighted by Gasteiger charge is -2.25. The van der Waals surface area contributed by atoms with Crippen molar-refractivity contribution < 1.29 is 0 Å². The number of hydrogen-bond donors (Lipinski definition) is 1. The Labute approximate surface area is 125 Å². The van der Waals surface area contributed by atoms with Crippen LogP contribution in [0.4, 0.5) is 5.69 Å². The van der Waals surface area contributed by atoms with Gasteiger partial charge in [-0.15, -0.1) is 11.8 Å². The molecule has 0 saturated heterocycles. The van der Waals surface area contributed by atoms with E-state index in [1.807, 2.05) is 17.8 Å². The third kappa shape index (κ3) is 2.85. The summed E-state index contributed by atoms with van der Waals surface area (Å²) in [4.78, 5) is 1.36. The zero-order valence-corrected chi connectivity index (χ0v) is 12.7. The normalized spacial score (nSPS) is 17.8. The Kier molecular flexibility index (Phi) is 4.02. The first-order valence-electron chi connectivity index (χ1n) is 7.31. The highest BCUT2D eigenvalue weighted by Gasteiger charge is 2.19. The number of rotatable bonds is 3. The van der Waals surface area contributed by atoms with Crippen LogP contribution in [0.5, 0.6) is 0 Å². The number of hydrogen-bond acceptors (Lipinski definition) is 2. The molecule has 0 heterocycles. The largest absolute Gasteiger partial charge is 0.399 e. The highest BCUT2D eigenvalue weighted by atomic mass is 32.2. The summed E-state index contributed by atoms with van der Waals surface area (Å²) in [5.41, 5.74) is 11.1. The van der Waals surface area contributed by atoms with E-state index in [0.29, 0.717) is 5.92 Å². The average molecular weight is 283 g/mol. The molecule has 1 nitrogen and oxygen atoms in total. The van der Waals surface area contributed by atoms with Crippen LogP contribution >= 0.6 is 11.8 Å². The van der Waals surface area contributed by atoms with Crippen molar-refractivity contribution in [1.29, 1.82) is 0 Å². The molecule has 0 amide bonds. The number of nitrogen functional groups attached to an aromatic ring is 1. The van der Waals surface area contributed by atoms with Gasteiger partial charge in [-0.2, -0.15) is 0 Å². The Bertz CT molecular complexity index is 606. The quantitative estimate of drug-likeness (QED) is 0.647. The first-order chi connectivity index (χ1) is 9.74. The Morgan fingerprint density at radius 3 is 2.90 bits per heavy atom. The molecular formula is C18H21NS. The second-order valence-electron chi connectivity index (χ2n) is 5.62. The molecule has 0 fully saturated rings. The summed E-state index contributed by atoms with van der Waals surface area (Å²) < 4.78 is 0. The fraction of sp³-hybridized carbons (Fsp3) is 0.333. The topological polar surface area (TPSA) is 26.0 Å². The maximum Gasteiger partial charge on any atom is 0.0317 e. The molecule has 2 aromatic carbocycles. The van der Waals surface area contributed by atoms with Crippen molar-refractivity contribution in [1.82, 2.24) is 0 Å². The zero-order chi connectivity index (χ0) is 13.9. The molecule has 1 aliphatic carbocycles. The van der Waals surface area contributed by atoms with Crippen LogP contribution < -0.4 is 5.73 Å². The highest BCUT2D eigenvalue weighted by Crippen LogP contribution is 2.36. The van der Waals surface area contributed by atoms with E-state index >= 15 is 0 Å². The number of benzene rings is 2. The zero-order valence-electron chi connectivity index (χ0n) is 11.9. The fourth-order valence-electron chi connectivity index (χ4n) is 3.05. The highest BCUT2D eigenvalue weighted by molar-refractivity contribution is 7.99. The monoisotopic (exact) mass is 283 g/mol. The molecule has 1 unspecified atom stereocenters. The molecular weight excluding hydrogens is 262 g/mol. The van der Waals surface area contributed by atoms with Gasteiger partial charge in [0.25, 0.3) is 0 Å². The van der Waals surface area contributed by atoms with Crippen LogP contribution in [-0.4, -0.2) is 5.75 Å². The summed E-state index contributed by atoms with van der Waals surface area (Å²) in [7, 11) is 0. The Morgan fingerprint density at radius 1 is 1.20 bits per heavy atom. The van der Waals surface area contributed by atoms with Crippen LogP contribution in [0, 0.1) is 6.92 Å². The summed E-state index contributed by atoms with van der Waals surface area (Å²) in [6, 6.07) is 15.2. The maximum atomic E-state index is 5.82. The predicted molar refractivity (Wildman–Crippen MR) is 88.4 cm³/mol. The molecule has 0 spiro atoms. The SMILES string of the molecule is Cc1cc(N)ccc1SCC1CCCc2ccccc21. The second kappa shape index (κ2) is 5.92. The molecule has 0 radical (unpaired) electrons. The molecule has 0 saturated carbocycles. The van der Waals surface area contributed by atoms with Crippen molar-refractivity contribution in [2.24, 2.45) is 0 Å². The maximum absolute atomic E-state index is 5.82. The molecule has 1 atom stereocenters. The van der Waals surface area contributed by atoms with E-state index in [-0.39, 0.29) is 0 Å². The molecule has 0 aliphatic heterocycles. The fourth-order valence-corrected chi connectivity index (χ4v) is 4.23. The van der Waals surface area contributed by atoms with Gasteiger partial charge in [0.1, 0.15) is 0 Å². The van der Waals surface area contributed by atoms with Gasteiger partial charge < -0.3 is 5.73 Å². The van der Waals surface area contributed by atoms with Crippen molar-refractivity contribution in [2.45, 2.75) is 37.0 Å². The van der Waals surface area contributed by atoms with Crippen LogP contribution in [-0.2, 0) is 6.42 Å². The Morgan fingerprint density at radius 2 is 2.05 bits per heavy atom. The van der Waals surface area contributed by atoms with Crippen LogP contribution in [0.25, 0.3) is 0 Å². The van der Waals surface area contributed by atoms with Crippen molar-refractivity contribution in [3.63, 3.8) is 0 Å². The molecule has 20 heavy (non-hydrogen) atoms. The van der Waals surface area contributed by atoms with Gasteiger partial charge in [-0.25, -0.2) is 0 Å². The van der Waals surface area contributed by atoms with Crippen LogP contribution in [0.15, 0.2) is 47.4 Å². The molecule has 104 valence electrons. The number of thioether (sulfide) groups is 1. The minimum absolute atomic E-state index is 0.696. The van der Waals surface area contributed by atoms with E-state index in [1.165, 1.54) is 35.5 Å². The lowest BCUT2D eigenvalue weighted by molar-refractivity contribution is 0.596. The van der Waals surface area contributed by atoms with Gasteiger partial charge in [0.05, 0.1) is 0 Å². The van der Waals surface area contributed by atoms with E-state index in [4.69, 9.17) is 5.73 Å². The van der Waals surface area contributed by atoms with Gasteiger partial charge >= 0.3 is 0 Å². The first-order valence-corrected chi connectivity index (χ1v) is 8.29. The standard InChI is InChI=1S/C18H21NS/c1-13-11-16(19)9-10-18(13)20-12-15-7-4-6-14-5-2-3-8-17(14)15/h2-3,5,8-11,15H,4,6-7,12,19H2,1H3. The van der Waals surface area contributed by atoms with E-state index in [0.717, 1.165) is 5.69 Å². The average Bonchev–Trinajstić information content (AvgIpc) is 2.46. The second-order valence-corrected chi connectivity index (χ2v) is 6.69. The minimum Gasteiger partial charge on any atom is -0.399 e. The molecule has 2 aromatic rings. The van der Waals surface area contributed by atoms with E-state index in [1.54, 1.807) is 11.1 Å². The van der Waals surface area contributed by atoms with Crippen LogP contribution in [0.2, 0.25) is 0 Å². The van der Waals surface area contributed by atoms with Gasteiger partial charge in [0.2, 0.25) is 0 Å². The number of fused-ring (bicyclic) bond motifs is 1. The Balaban J connectivity index is 1.73. The lowest BCUT2D eigenvalue weighted by Crippen LogP contribution is -2.11.